The second-order valence-electron chi connectivity index (χ2n) is 8.61. The fourth-order valence-electron chi connectivity index (χ4n) is 4.94. The number of thioether (sulfide) groups is 1. The maximum Gasteiger partial charge on any atom is 0.227 e. The predicted octanol–water partition coefficient (Wildman–Crippen LogP) is 5.59. The fourth-order valence-corrected chi connectivity index (χ4v) is 5.29. The van der Waals surface area contributed by atoms with Gasteiger partial charge in [-0.25, -0.2) is 4.68 Å². The Balaban J connectivity index is 1.60. The second-order valence-corrected chi connectivity index (χ2v) is 9.38. The molecule has 2 aliphatic rings. The van der Waals surface area contributed by atoms with Crippen LogP contribution in [0.4, 0.5) is 5.95 Å². The smallest absolute Gasteiger partial charge is 0.227 e. The third kappa shape index (κ3) is 3.86. The molecule has 6 rings (SSSR count). The summed E-state index contributed by atoms with van der Waals surface area (Å²) in [6, 6.07) is 21.7. The molecule has 3 heterocycles. The lowest BCUT2D eigenvalue weighted by atomic mass is 9.84. The summed E-state index contributed by atoms with van der Waals surface area (Å²) in [4.78, 5) is 4.76. The minimum Gasteiger partial charge on any atom is -0.497 e. The number of para-hydroxylation sites is 1. The van der Waals surface area contributed by atoms with Crippen LogP contribution in [-0.2, 0) is 0 Å². The molecule has 3 aromatic carbocycles. The number of hydrogen-bond donors (Lipinski definition) is 1. The first-order valence-corrected chi connectivity index (χ1v) is 13.0. The molecular weight excluding hydrogens is 488 g/mol. The number of hydrogen-bond acceptors (Lipinski definition) is 8. The molecule has 0 spiro atoms. The van der Waals surface area contributed by atoms with Crippen molar-refractivity contribution in [3.05, 3.63) is 89.0 Å². The number of fused-ring (bicyclic) bond motifs is 3. The van der Waals surface area contributed by atoms with Crippen LogP contribution in [-0.4, -0.2) is 42.3 Å². The summed E-state index contributed by atoms with van der Waals surface area (Å²) in [6.45, 7) is 0. The van der Waals surface area contributed by atoms with E-state index < -0.39 is 6.10 Å². The number of nitrogens with one attached hydrogen (secondary N) is 1. The molecule has 0 saturated heterocycles. The molecule has 0 bridgehead atoms. The Morgan fingerprint density at radius 1 is 0.892 bits per heavy atom. The van der Waals surface area contributed by atoms with Crippen LogP contribution in [0.5, 0.6) is 23.0 Å². The highest BCUT2D eigenvalue weighted by Gasteiger charge is 2.41. The van der Waals surface area contributed by atoms with Gasteiger partial charge in [0.15, 0.2) is 11.5 Å². The maximum absolute atomic E-state index is 6.72. The van der Waals surface area contributed by atoms with Gasteiger partial charge in [-0.05, 0) is 48.2 Å². The molecule has 1 N–H and O–H groups in total. The summed E-state index contributed by atoms with van der Waals surface area (Å²) >= 11 is 1.51. The SMILES string of the molecule is COc1ccc(C2C3=C(Nc4nc(SC)nn42)c2ccccc2OC3c2ccc(OC)c(OC)c2)cc1. The van der Waals surface area contributed by atoms with Gasteiger partial charge in [0.2, 0.25) is 11.1 Å². The van der Waals surface area contributed by atoms with Gasteiger partial charge in [-0.1, -0.05) is 42.1 Å². The fraction of sp³-hybridized carbons (Fsp3) is 0.214. The summed E-state index contributed by atoms with van der Waals surface area (Å²) < 4.78 is 25.2. The molecule has 0 radical (unpaired) electrons. The van der Waals surface area contributed by atoms with E-state index in [9.17, 15) is 0 Å². The van der Waals surface area contributed by atoms with Gasteiger partial charge in [0.25, 0.3) is 0 Å². The van der Waals surface area contributed by atoms with Crippen LogP contribution in [0.25, 0.3) is 5.70 Å². The van der Waals surface area contributed by atoms with Gasteiger partial charge in [-0.15, -0.1) is 5.10 Å². The minimum atomic E-state index is -0.417. The van der Waals surface area contributed by atoms with Gasteiger partial charge in [0.1, 0.15) is 23.6 Å². The average Bonchev–Trinajstić information content (AvgIpc) is 3.38. The number of anilines is 1. The normalized spacial score (nSPS) is 17.6. The van der Waals surface area contributed by atoms with E-state index in [4.69, 9.17) is 29.0 Å². The first-order valence-electron chi connectivity index (χ1n) is 11.8. The van der Waals surface area contributed by atoms with Crippen molar-refractivity contribution < 1.29 is 18.9 Å². The standard InChI is InChI=1S/C28H26N4O4S/c1-33-18-12-9-16(10-13-18)25-23-24(29-27-30-28(37-4)31-32(25)27)19-7-5-6-8-20(19)36-26(23)17-11-14-21(34-2)22(15-17)35-3/h5-15,25-26H,1-4H3,(H,29,30,31). The highest BCUT2D eigenvalue weighted by atomic mass is 32.2. The van der Waals surface area contributed by atoms with Crippen molar-refractivity contribution in [1.29, 1.82) is 0 Å². The molecule has 2 aliphatic heterocycles. The largest absolute Gasteiger partial charge is 0.497 e. The van der Waals surface area contributed by atoms with Crippen molar-refractivity contribution in [3.8, 4) is 23.0 Å². The Kier molecular flexibility index (Phi) is 5.92. The lowest BCUT2D eigenvalue weighted by Crippen LogP contribution is -2.32. The van der Waals surface area contributed by atoms with Crippen molar-refractivity contribution in [2.24, 2.45) is 0 Å². The maximum atomic E-state index is 6.72. The first kappa shape index (κ1) is 23.3. The second kappa shape index (κ2) is 9.40. The molecule has 0 aliphatic carbocycles. The summed E-state index contributed by atoms with van der Waals surface area (Å²) in [6.07, 6.45) is 1.56. The van der Waals surface area contributed by atoms with E-state index >= 15 is 0 Å². The van der Waals surface area contributed by atoms with E-state index in [0.717, 1.165) is 39.5 Å². The van der Waals surface area contributed by atoms with Crippen LogP contribution in [0.3, 0.4) is 0 Å². The number of benzene rings is 3. The van der Waals surface area contributed by atoms with Crippen molar-refractivity contribution in [1.82, 2.24) is 14.8 Å². The molecule has 4 aromatic rings. The molecule has 37 heavy (non-hydrogen) atoms. The summed E-state index contributed by atoms with van der Waals surface area (Å²) in [5.41, 5.74) is 4.96. The Morgan fingerprint density at radius 2 is 1.65 bits per heavy atom. The van der Waals surface area contributed by atoms with Gasteiger partial charge in [0, 0.05) is 16.7 Å². The third-order valence-electron chi connectivity index (χ3n) is 6.68. The van der Waals surface area contributed by atoms with Crippen LogP contribution < -0.4 is 24.3 Å². The monoisotopic (exact) mass is 514 g/mol. The average molecular weight is 515 g/mol. The van der Waals surface area contributed by atoms with Gasteiger partial charge >= 0.3 is 0 Å². The molecule has 0 saturated carbocycles. The number of methoxy groups -OCH3 is 3. The van der Waals surface area contributed by atoms with E-state index in [2.05, 4.69) is 23.5 Å². The molecule has 0 fully saturated rings. The number of aromatic nitrogens is 3. The van der Waals surface area contributed by atoms with E-state index in [1.54, 1.807) is 21.3 Å². The molecule has 8 nitrogen and oxygen atoms in total. The van der Waals surface area contributed by atoms with Crippen molar-refractivity contribution in [3.63, 3.8) is 0 Å². The summed E-state index contributed by atoms with van der Waals surface area (Å²) in [5.74, 6) is 3.57. The lowest BCUT2D eigenvalue weighted by Gasteiger charge is -2.39. The van der Waals surface area contributed by atoms with Gasteiger partial charge in [0.05, 0.1) is 27.0 Å². The van der Waals surface area contributed by atoms with Crippen LogP contribution >= 0.6 is 11.8 Å². The predicted molar refractivity (Wildman–Crippen MR) is 143 cm³/mol. The van der Waals surface area contributed by atoms with E-state index in [0.29, 0.717) is 22.6 Å². The van der Waals surface area contributed by atoms with Crippen LogP contribution in [0.15, 0.2) is 77.5 Å². The lowest BCUT2D eigenvalue weighted by molar-refractivity contribution is 0.222. The molecule has 1 aromatic heterocycles. The Labute approximate surface area is 219 Å². The number of ether oxygens (including phenoxy) is 4. The Morgan fingerprint density at radius 3 is 2.38 bits per heavy atom. The van der Waals surface area contributed by atoms with Crippen LogP contribution in [0, 0.1) is 0 Å². The number of rotatable bonds is 6. The molecule has 9 heteroatoms. The Bertz CT molecular complexity index is 1500. The quantitative estimate of drug-likeness (QED) is 0.334. The zero-order chi connectivity index (χ0) is 25.5. The van der Waals surface area contributed by atoms with Crippen molar-refractivity contribution in [2.75, 3.05) is 32.9 Å². The van der Waals surface area contributed by atoms with Gasteiger partial charge in [-0.2, -0.15) is 4.98 Å². The van der Waals surface area contributed by atoms with E-state index in [1.807, 2.05) is 59.5 Å². The van der Waals surface area contributed by atoms with Crippen LogP contribution in [0.1, 0.15) is 28.8 Å². The summed E-state index contributed by atoms with van der Waals surface area (Å²) in [7, 11) is 4.93. The minimum absolute atomic E-state index is 0.267. The molecule has 188 valence electrons. The van der Waals surface area contributed by atoms with Crippen LogP contribution in [0.2, 0.25) is 0 Å². The van der Waals surface area contributed by atoms with Gasteiger partial charge in [-0.3, -0.25) is 0 Å². The summed E-state index contributed by atoms with van der Waals surface area (Å²) in [5, 5.41) is 9.12. The van der Waals surface area contributed by atoms with Gasteiger partial charge < -0.3 is 24.3 Å². The van der Waals surface area contributed by atoms with Crippen molar-refractivity contribution in [2.45, 2.75) is 17.3 Å². The topological polar surface area (TPSA) is 79.7 Å². The highest BCUT2D eigenvalue weighted by molar-refractivity contribution is 7.98. The molecule has 2 unspecified atom stereocenters. The Hall–Kier alpha value is -4.11. The molecule has 2 atom stereocenters. The zero-order valence-electron chi connectivity index (χ0n) is 20.9. The molecule has 0 amide bonds. The number of nitrogens with zero attached hydrogens (tertiary/aromatic N) is 3. The molecular formula is C28H26N4O4S. The van der Waals surface area contributed by atoms with E-state index in [-0.39, 0.29) is 6.04 Å². The first-order chi connectivity index (χ1) is 18.1. The van der Waals surface area contributed by atoms with E-state index in [1.165, 1.54) is 11.8 Å². The zero-order valence-corrected chi connectivity index (χ0v) is 21.7. The van der Waals surface area contributed by atoms with Crippen molar-refractivity contribution >= 4 is 23.4 Å². The third-order valence-corrected chi connectivity index (χ3v) is 7.22. The highest BCUT2D eigenvalue weighted by Crippen LogP contribution is 2.51.